The van der Waals surface area contributed by atoms with E-state index in [9.17, 15) is 19.2 Å². The number of ketones is 1. The van der Waals surface area contributed by atoms with Gasteiger partial charge in [-0.3, -0.25) is 29.6 Å². The highest BCUT2D eigenvalue weighted by Gasteiger charge is 2.36. The van der Waals surface area contributed by atoms with Crippen LogP contribution in [0.5, 0.6) is 0 Å². The number of carbonyl (C=O) groups is 4. The average molecular weight is 401 g/mol. The molecule has 0 radical (unpaired) electrons. The summed E-state index contributed by atoms with van der Waals surface area (Å²) in [4.78, 5) is 48.5. The zero-order chi connectivity index (χ0) is 20.1. The Morgan fingerprint density at radius 3 is 2.39 bits per heavy atom. The van der Waals surface area contributed by atoms with E-state index < -0.39 is 30.3 Å². The summed E-state index contributed by atoms with van der Waals surface area (Å²) in [5.41, 5.74) is 3.24. The second kappa shape index (κ2) is 8.67. The van der Waals surface area contributed by atoms with Gasteiger partial charge >= 0.3 is 5.97 Å². The molecule has 28 heavy (non-hydrogen) atoms. The molecule has 3 rings (SSSR count). The summed E-state index contributed by atoms with van der Waals surface area (Å²) in [6.45, 7) is -0.415. The van der Waals surface area contributed by atoms with Crippen LogP contribution >= 0.6 is 11.6 Å². The molecule has 1 aliphatic heterocycles. The number of carbonyl (C=O) groups excluding carboxylic acids is 4. The Labute approximate surface area is 166 Å². The van der Waals surface area contributed by atoms with Gasteiger partial charge in [0.25, 0.3) is 5.91 Å². The third-order valence-corrected chi connectivity index (χ3v) is 4.49. The van der Waals surface area contributed by atoms with Gasteiger partial charge in [0.05, 0.1) is 12.5 Å². The van der Waals surface area contributed by atoms with Crippen LogP contribution in [0.25, 0.3) is 0 Å². The van der Waals surface area contributed by atoms with Crippen molar-refractivity contribution in [3.63, 3.8) is 0 Å². The van der Waals surface area contributed by atoms with Crippen molar-refractivity contribution in [2.24, 2.45) is 5.92 Å². The number of Topliss-reactive ketones (excluding diaryl/α,β-unsaturated/α-hetero) is 1. The lowest BCUT2D eigenvalue weighted by atomic mass is 10.1. The third-order valence-electron chi connectivity index (χ3n) is 4.24. The molecule has 1 heterocycles. The number of ether oxygens (including phenoxy) is 1. The molecule has 1 saturated heterocycles. The van der Waals surface area contributed by atoms with Gasteiger partial charge in [-0.15, -0.1) is 0 Å². The molecule has 144 valence electrons. The van der Waals surface area contributed by atoms with Crippen molar-refractivity contribution < 1.29 is 23.9 Å². The number of nitrogens with zero attached hydrogens (tertiary/aromatic N) is 1. The van der Waals surface area contributed by atoms with Gasteiger partial charge in [0.1, 0.15) is 0 Å². The van der Waals surface area contributed by atoms with Gasteiger partial charge in [0, 0.05) is 22.6 Å². The van der Waals surface area contributed by atoms with Gasteiger partial charge < -0.3 is 4.74 Å². The molecule has 7 nitrogen and oxygen atoms in total. The quantitative estimate of drug-likeness (QED) is 0.593. The highest BCUT2D eigenvalue weighted by atomic mass is 35.5. The molecule has 2 amide bonds. The minimum atomic E-state index is -0.749. The number of amides is 2. The molecule has 0 spiro atoms. The largest absolute Gasteiger partial charge is 0.457 e. The minimum absolute atomic E-state index is 0.0173. The first-order valence-electron chi connectivity index (χ1n) is 8.56. The van der Waals surface area contributed by atoms with Crippen LogP contribution in [0, 0.1) is 5.92 Å². The van der Waals surface area contributed by atoms with Crippen molar-refractivity contribution in [2.75, 3.05) is 13.2 Å². The molecule has 1 fully saturated rings. The summed E-state index contributed by atoms with van der Waals surface area (Å²) in [7, 11) is 0. The number of rotatable bonds is 6. The Balaban J connectivity index is 1.52. The van der Waals surface area contributed by atoms with Crippen LogP contribution in [0.2, 0.25) is 5.02 Å². The van der Waals surface area contributed by atoms with Crippen molar-refractivity contribution in [3.8, 4) is 0 Å². The van der Waals surface area contributed by atoms with Crippen LogP contribution in [-0.4, -0.2) is 41.7 Å². The van der Waals surface area contributed by atoms with Crippen molar-refractivity contribution in [1.29, 1.82) is 0 Å². The molecular formula is C20H17ClN2O5. The van der Waals surface area contributed by atoms with Crippen molar-refractivity contribution in [3.05, 3.63) is 70.7 Å². The molecule has 0 saturated carbocycles. The summed E-state index contributed by atoms with van der Waals surface area (Å²) < 4.78 is 5.05. The first kappa shape index (κ1) is 19.6. The normalized spacial score (nSPS) is 16.0. The Kier molecular flexibility index (Phi) is 6.06. The van der Waals surface area contributed by atoms with E-state index in [0.717, 1.165) is 5.01 Å². The Bertz CT molecular complexity index is 899. The standard InChI is InChI=1S/C20H17ClN2O5/c21-16-8-6-14(7-9-16)19(26)22-23-11-15(10-18(23)25)20(27)28-12-17(24)13-4-2-1-3-5-13/h1-9,15H,10-12H2,(H,22,26). The second-order valence-corrected chi connectivity index (χ2v) is 6.69. The zero-order valence-corrected chi connectivity index (χ0v) is 15.5. The van der Waals surface area contributed by atoms with Crippen LogP contribution in [0.4, 0.5) is 0 Å². The minimum Gasteiger partial charge on any atom is -0.457 e. The molecule has 2 aromatic rings. The van der Waals surface area contributed by atoms with E-state index in [-0.39, 0.29) is 18.7 Å². The van der Waals surface area contributed by atoms with E-state index in [4.69, 9.17) is 16.3 Å². The lowest BCUT2D eigenvalue weighted by molar-refractivity contribution is -0.147. The van der Waals surface area contributed by atoms with Gasteiger partial charge in [0.2, 0.25) is 5.91 Å². The van der Waals surface area contributed by atoms with Gasteiger partial charge in [-0.25, -0.2) is 0 Å². The highest BCUT2D eigenvalue weighted by molar-refractivity contribution is 6.30. The average Bonchev–Trinajstić information content (AvgIpc) is 3.07. The topological polar surface area (TPSA) is 92.8 Å². The predicted octanol–water partition coefficient (Wildman–Crippen LogP) is 2.26. The summed E-state index contributed by atoms with van der Waals surface area (Å²) in [5, 5.41) is 1.57. The van der Waals surface area contributed by atoms with Gasteiger partial charge in [-0.1, -0.05) is 41.9 Å². The first-order chi connectivity index (χ1) is 13.4. The molecule has 1 N–H and O–H groups in total. The van der Waals surface area contributed by atoms with E-state index in [1.54, 1.807) is 42.5 Å². The maximum atomic E-state index is 12.2. The Morgan fingerprint density at radius 1 is 1.04 bits per heavy atom. The highest BCUT2D eigenvalue weighted by Crippen LogP contribution is 2.18. The maximum Gasteiger partial charge on any atom is 0.311 e. The van der Waals surface area contributed by atoms with Crippen molar-refractivity contribution in [2.45, 2.75) is 6.42 Å². The van der Waals surface area contributed by atoms with Gasteiger partial charge in [-0.05, 0) is 24.3 Å². The summed E-state index contributed by atoms with van der Waals surface area (Å²) in [6.07, 6.45) is -0.0980. The number of esters is 1. The molecule has 8 heteroatoms. The fraction of sp³-hybridized carbons (Fsp3) is 0.200. The molecule has 0 aliphatic carbocycles. The van der Waals surface area contributed by atoms with Gasteiger partial charge in [-0.2, -0.15) is 0 Å². The number of hydrogen-bond donors (Lipinski definition) is 1. The lowest BCUT2D eigenvalue weighted by Gasteiger charge is -2.17. The van der Waals surface area contributed by atoms with E-state index in [2.05, 4.69) is 5.43 Å². The number of hydrogen-bond acceptors (Lipinski definition) is 5. The van der Waals surface area contributed by atoms with E-state index >= 15 is 0 Å². The third kappa shape index (κ3) is 4.75. The van der Waals surface area contributed by atoms with E-state index in [1.807, 2.05) is 0 Å². The molecule has 1 unspecified atom stereocenters. The van der Waals surface area contributed by atoms with Crippen LogP contribution in [0.15, 0.2) is 54.6 Å². The Hall–Kier alpha value is -3.19. The lowest BCUT2D eigenvalue weighted by Crippen LogP contribution is -2.43. The fourth-order valence-corrected chi connectivity index (χ4v) is 2.85. The number of halogens is 1. The Morgan fingerprint density at radius 2 is 1.71 bits per heavy atom. The fourth-order valence-electron chi connectivity index (χ4n) is 2.72. The predicted molar refractivity (Wildman–Crippen MR) is 100 cm³/mol. The molecule has 0 bridgehead atoms. The second-order valence-electron chi connectivity index (χ2n) is 6.25. The molecule has 1 atom stereocenters. The smallest absolute Gasteiger partial charge is 0.311 e. The van der Waals surface area contributed by atoms with Crippen LogP contribution in [0.3, 0.4) is 0 Å². The molecule has 2 aromatic carbocycles. The molecule has 0 aromatic heterocycles. The summed E-state index contributed by atoms with van der Waals surface area (Å²) in [6, 6.07) is 14.6. The van der Waals surface area contributed by atoms with Gasteiger partial charge in [0.15, 0.2) is 12.4 Å². The van der Waals surface area contributed by atoms with Crippen LogP contribution in [-0.2, 0) is 14.3 Å². The van der Waals surface area contributed by atoms with Crippen molar-refractivity contribution in [1.82, 2.24) is 10.4 Å². The number of benzene rings is 2. The van der Waals surface area contributed by atoms with E-state index in [1.165, 1.54) is 12.1 Å². The number of nitrogens with one attached hydrogen (secondary N) is 1. The molecule has 1 aliphatic rings. The zero-order valence-electron chi connectivity index (χ0n) is 14.8. The van der Waals surface area contributed by atoms with Crippen LogP contribution in [0.1, 0.15) is 27.1 Å². The van der Waals surface area contributed by atoms with Crippen LogP contribution < -0.4 is 5.43 Å². The SMILES string of the molecule is O=C(COC(=O)C1CC(=O)N(NC(=O)c2ccc(Cl)cc2)C1)c1ccccc1. The van der Waals surface area contributed by atoms with Crippen molar-refractivity contribution >= 4 is 35.2 Å². The molecular weight excluding hydrogens is 384 g/mol. The number of hydrazine groups is 1. The maximum absolute atomic E-state index is 12.2. The first-order valence-corrected chi connectivity index (χ1v) is 8.93. The summed E-state index contributed by atoms with van der Waals surface area (Å²) >= 11 is 5.78. The summed E-state index contributed by atoms with van der Waals surface area (Å²) in [5.74, 6) is -2.62. The monoisotopic (exact) mass is 400 g/mol. The van der Waals surface area contributed by atoms with E-state index in [0.29, 0.717) is 16.1 Å².